The van der Waals surface area contributed by atoms with Crippen molar-refractivity contribution in [3.8, 4) is 0 Å². The molecule has 0 aliphatic heterocycles. The molecule has 2 aromatic rings. The Morgan fingerprint density at radius 1 is 1.50 bits per heavy atom. The Bertz CT molecular complexity index is 666. The van der Waals surface area contributed by atoms with Crippen LogP contribution in [0.2, 0.25) is 0 Å². The van der Waals surface area contributed by atoms with Crippen LogP contribution < -0.4 is 5.56 Å². The molecule has 1 N–H and O–H groups in total. The van der Waals surface area contributed by atoms with E-state index in [0.717, 1.165) is 23.2 Å². The number of fused-ring (bicyclic) bond motifs is 1. The second kappa shape index (κ2) is 5.34. The lowest BCUT2D eigenvalue weighted by Gasteiger charge is -2.11. The zero-order valence-corrected chi connectivity index (χ0v) is 12.5. The molecule has 2 aromatic heterocycles. The molecule has 0 aromatic carbocycles. The van der Waals surface area contributed by atoms with Crippen molar-refractivity contribution >= 4 is 33.8 Å². The summed E-state index contributed by atoms with van der Waals surface area (Å²) in [6.45, 7) is 3.51. The number of hydrogen-bond donors (Lipinski definition) is 1. The fraction of sp³-hybridized carbons (Fsp3) is 0.500. The molecule has 0 saturated heterocycles. The number of H-pyrrole nitrogens is 1. The summed E-state index contributed by atoms with van der Waals surface area (Å²) in [7, 11) is 3.96. The number of aromatic nitrogens is 2. The first-order chi connectivity index (χ1) is 8.52. The first-order valence-corrected chi connectivity index (χ1v) is 7.15. The summed E-state index contributed by atoms with van der Waals surface area (Å²) in [5, 5.41) is 0.754. The molecule has 4 nitrogen and oxygen atoms in total. The topological polar surface area (TPSA) is 41.0 Å². The van der Waals surface area contributed by atoms with E-state index < -0.39 is 0 Å². The molecular weight excluding hydrogens is 266 g/mol. The van der Waals surface area contributed by atoms with Crippen LogP contribution in [0.25, 0.3) is 10.2 Å². The van der Waals surface area contributed by atoms with Crippen molar-refractivity contribution in [1.82, 2.24) is 14.5 Å². The molecule has 2 rings (SSSR count). The average molecular weight is 283 g/mol. The Labute approximate surface area is 115 Å². The number of likely N-dealkylation sites (N-methyl/N-ethyl adjacent to an activating group) is 1. The molecule has 98 valence electrons. The molecule has 0 atom stereocenters. The van der Waals surface area contributed by atoms with Crippen LogP contribution in [0.4, 0.5) is 0 Å². The zero-order chi connectivity index (χ0) is 13.3. The van der Waals surface area contributed by atoms with Gasteiger partial charge in [0.05, 0.1) is 5.39 Å². The molecule has 18 heavy (non-hydrogen) atoms. The van der Waals surface area contributed by atoms with Crippen LogP contribution in [0.3, 0.4) is 0 Å². The van der Waals surface area contributed by atoms with Gasteiger partial charge in [-0.15, -0.1) is 11.3 Å². The highest BCUT2D eigenvalue weighted by Gasteiger charge is 2.09. The van der Waals surface area contributed by atoms with Crippen LogP contribution >= 0.6 is 23.6 Å². The van der Waals surface area contributed by atoms with E-state index in [1.165, 1.54) is 4.88 Å². The molecule has 2 heterocycles. The van der Waals surface area contributed by atoms with E-state index in [1.807, 2.05) is 25.1 Å². The zero-order valence-electron chi connectivity index (χ0n) is 10.8. The maximum atomic E-state index is 12.4. The summed E-state index contributed by atoms with van der Waals surface area (Å²) >= 11 is 6.87. The molecule has 0 aliphatic carbocycles. The minimum absolute atomic E-state index is 0.0200. The van der Waals surface area contributed by atoms with Crippen LogP contribution in [-0.4, -0.2) is 35.1 Å². The standard InChI is InChI=1S/C12H17N3OS2/c1-4-8-7-9-10(18-8)13-12(17)15(11(9)16)6-5-14(2)3/h7H,4-6H2,1-3H3,(H,13,17). The van der Waals surface area contributed by atoms with Crippen LogP contribution in [-0.2, 0) is 13.0 Å². The summed E-state index contributed by atoms with van der Waals surface area (Å²) < 4.78 is 2.16. The van der Waals surface area contributed by atoms with Crippen molar-refractivity contribution in [3.63, 3.8) is 0 Å². The maximum Gasteiger partial charge on any atom is 0.263 e. The normalized spacial score (nSPS) is 11.6. The minimum Gasteiger partial charge on any atom is -0.323 e. The monoisotopic (exact) mass is 283 g/mol. The van der Waals surface area contributed by atoms with Crippen LogP contribution in [0.1, 0.15) is 11.8 Å². The van der Waals surface area contributed by atoms with Crippen LogP contribution in [0, 0.1) is 4.77 Å². The largest absolute Gasteiger partial charge is 0.323 e. The maximum absolute atomic E-state index is 12.4. The van der Waals surface area contributed by atoms with E-state index in [0.29, 0.717) is 11.3 Å². The second-order valence-corrected chi connectivity index (χ2v) is 6.02. The quantitative estimate of drug-likeness (QED) is 0.875. The number of hydrogen-bond acceptors (Lipinski definition) is 4. The Balaban J connectivity index is 2.54. The summed E-state index contributed by atoms with van der Waals surface area (Å²) in [5.74, 6) is 0. The molecule has 0 bridgehead atoms. The van der Waals surface area contributed by atoms with Gasteiger partial charge in [-0.3, -0.25) is 9.36 Å². The van der Waals surface area contributed by atoms with E-state index in [1.54, 1.807) is 15.9 Å². The van der Waals surface area contributed by atoms with Gasteiger partial charge in [0, 0.05) is 18.0 Å². The first-order valence-electron chi connectivity index (χ1n) is 5.93. The van der Waals surface area contributed by atoms with Gasteiger partial charge in [0.1, 0.15) is 4.83 Å². The molecule has 0 unspecified atom stereocenters. The summed E-state index contributed by atoms with van der Waals surface area (Å²) in [6, 6.07) is 1.97. The highest BCUT2D eigenvalue weighted by atomic mass is 32.1. The van der Waals surface area contributed by atoms with E-state index in [2.05, 4.69) is 11.9 Å². The predicted molar refractivity (Wildman–Crippen MR) is 79.2 cm³/mol. The minimum atomic E-state index is 0.0200. The second-order valence-electron chi connectivity index (χ2n) is 4.50. The van der Waals surface area contributed by atoms with Gasteiger partial charge in [0.15, 0.2) is 4.77 Å². The van der Waals surface area contributed by atoms with E-state index in [9.17, 15) is 4.79 Å². The summed E-state index contributed by atoms with van der Waals surface area (Å²) in [6.07, 6.45) is 0.942. The average Bonchev–Trinajstić information content (AvgIpc) is 2.71. The van der Waals surface area contributed by atoms with Gasteiger partial charge >= 0.3 is 0 Å². The van der Waals surface area contributed by atoms with Gasteiger partial charge in [-0.05, 0) is 38.8 Å². The van der Waals surface area contributed by atoms with E-state index >= 15 is 0 Å². The van der Waals surface area contributed by atoms with Gasteiger partial charge in [0.2, 0.25) is 0 Å². The molecule has 0 amide bonds. The third kappa shape index (κ3) is 2.55. The van der Waals surface area contributed by atoms with Gasteiger partial charge in [-0.1, -0.05) is 6.92 Å². The molecule has 0 radical (unpaired) electrons. The van der Waals surface area contributed by atoms with E-state index in [-0.39, 0.29) is 5.56 Å². The van der Waals surface area contributed by atoms with Crippen molar-refractivity contribution in [2.24, 2.45) is 0 Å². The fourth-order valence-electron chi connectivity index (χ4n) is 1.77. The van der Waals surface area contributed by atoms with Crippen molar-refractivity contribution in [2.75, 3.05) is 20.6 Å². The predicted octanol–water partition coefficient (Wildman–Crippen LogP) is 2.24. The lowest BCUT2D eigenvalue weighted by molar-refractivity contribution is 0.379. The third-order valence-corrected chi connectivity index (χ3v) is 4.36. The Morgan fingerprint density at radius 3 is 2.83 bits per heavy atom. The van der Waals surface area contributed by atoms with E-state index in [4.69, 9.17) is 12.2 Å². The highest BCUT2D eigenvalue weighted by Crippen LogP contribution is 2.21. The lowest BCUT2D eigenvalue weighted by Crippen LogP contribution is -2.27. The van der Waals surface area contributed by atoms with Crippen molar-refractivity contribution in [3.05, 3.63) is 26.1 Å². The summed E-state index contributed by atoms with van der Waals surface area (Å²) in [5.41, 5.74) is 0.0200. The number of aryl methyl sites for hydroxylation is 1. The van der Waals surface area contributed by atoms with Crippen LogP contribution in [0.15, 0.2) is 10.9 Å². The molecule has 6 heteroatoms. The number of nitrogens with one attached hydrogen (secondary N) is 1. The Kier molecular flexibility index (Phi) is 3.99. The number of thiophene rings is 1. The Hall–Kier alpha value is -0.980. The van der Waals surface area contributed by atoms with Gasteiger partial charge < -0.3 is 9.88 Å². The van der Waals surface area contributed by atoms with Crippen molar-refractivity contribution < 1.29 is 0 Å². The number of rotatable bonds is 4. The molecule has 0 saturated carbocycles. The van der Waals surface area contributed by atoms with Crippen molar-refractivity contribution in [1.29, 1.82) is 0 Å². The fourth-order valence-corrected chi connectivity index (χ4v) is 3.10. The number of nitrogens with zero attached hydrogens (tertiary/aromatic N) is 2. The molecule has 0 aliphatic rings. The van der Waals surface area contributed by atoms with Crippen molar-refractivity contribution in [2.45, 2.75) is 19.9 Å². The third-order valence-electron chi connectivity index (χ3n) is 2.84. The lowest BCUT2D eigenvalue weighted by atomic mass is 10.3. The smallest absolute Gasteiger partial charge is 0.263 e. The van der Waals surface area contributed by atoms with Gasteiger partial charge in [-0.25, -0.2) is 0 Å². The van der Waals surface area contributed by atoms with Gasteiger partial charge in [-0.2, -0.15) is 0 Å². The first kappa shape index (κ1) is 13.5. The summed E-state index contributed by atoms with van der Waals surface area (Å²) in [4.78, 5) is 19.6. The molecular formula is C12H17N3OS2. The molecule has 0 spiro atoms. The highest BCUT2D eigenvalue weighted by molar-refractivity contribution is 7.71. The Morgan fingerprint density at radius 2 is 2.22 bits per heavy atom. The molecule has 0 fully saturated rings. The number of aromatic amines is 1. The van der Waals surface area contributed by atoms with Crippen LogP contribution in [0.5, 0.6) is 0 Å². The van der Waals surface area contributed by atoms with Gasteiger partial charge in [0.25, 0.3) is 5.56 Å². The SMILES string of the molecule is CCc1cc2c(=O)n(CCN(C)C)c(=S)[nH]c2s1.